The zero-order valence-corrected chi connectivity index (χ0v) is 5.99. The van der Waals surface area contributed by atoms with Gasteiger partial charge < -0.3 is 0 Å². The van der Waals surface area contributed by atoms with E-state index < -0.39 is 21.3 Å². The Bertz CT molecular complexity index is 197. The van der Waals surface area contributed by atoms with E-state index in [1.807, 2.05) is 0 Å². The van der Waals surface area contributed by atoms with Crippen molar-refractivity contribution in [1.82, 2.24) is 0 Å². The summed E-state index contributed by atoms with van der Waals surface area (Å²) >= 11 is 0. The summed E-state index contributed by atoms with van der Waals surface area (Å²) in [5, 5.41) is -0.465. The van der Waals surface area contributed by atoms with Gasteiger partial charge in [-0.25, -0.2) is 12.8 Å². The maximum Gasteiger partial charge on any atom is 0.155 e. The smallest absolute Gasteiger partial charge is 0.155 e. The van der Waals surface area contributed by atoms with Gasteiger partial charge in [-0.3, -0.25) is 0 Å². The molecular weight excluding hydrogens is 143 g/mol. The second kappa shape index (κ2) is 1.94. The van der Waals surface area contributed by atoms with Crippen LogP contribution < -0.4 is 0 Å². The predicted molar refractivity (Wildman–Crippen MR) is 32.8 cm³/mol. The molecule has 54 valence electrons. The summed E-state index contributed by atoms with van der Waals surface area (Å²) in [5.41, 5.74) is 0. The summed E-state index contributed by atoms with van der Waals surface area (Å²) in [5.74, 6) is -0.270. The molecule has 0 saturated carbocycles. The molecule has 0 bridgehead atoms. The Kier molecular flexibility index (Phi) is 1.50. The Balaban J connectivity index is 2.83. The van der Waals surface area contributed by atoms with Crippen LogP contribution in [0.2, 0.25) is 0 Å². The minimum absolute atomic E-state index is 0.183. The second-order valence-electron chi connectivity index (χ2n) is 2.47. The molecule has 1 heterocycles. The van der Waals surface area contributed by atoms with Crippen LogP contribution in [0.3, 0.4) is 0 Å². The average Bonchev–Trinajstić information content (AvgIpc) is 1.79. The van der Waals surface area contributed by atoms with Gasteiger partial charge in [0.2, 0.25) is 0 Å². The Morgan fingerprint density at radius 2 is 2.11 bits per heavy atom. The molecule has 4 heteroatoms. The van der Waals surface area contributed by atoms with Gasteiger partial charge in [-0.1, -0.05) is 0 Å². The Morgan fingerprint density at radius 1 is 1.56 bits per heavy atom. The van der Waals surface area contributed by atoms with Gasteiger partial charge in [-0.15, -0.1) is 0 Å². The average molecular weight is 152 g/mol. The van der Waals surface area contributed by atoms with Gasteiger partial charge in [0, 0.05) is 0 Å². The van der Waals surface area contributed by atoms with Crippen LogP contribution in [0.4, 0.5) is 4.39 Å². The van der Waals surface area contributed by atoms with Crippen LogP contribution in [0.5, 0.6) is 0 Å². The maximum absolute atomic E-state index is 12.3. The molecule has 0 aromatic carbocycles. The molecule has 1 fully saturated rings. The van der Waals surface area contributed by atoms with E-state index in [2.05, 4.69) is 0 Å². The molecule has 2 nitrogen and oxygen atoms in total. The van der Waals surface area contributed by atoms with Crippen molar-refractivity contribution in [2.24, 2.45) is 0 Å². The van der Waals surface area contributed by atoms with Gasteiger partial charge in [0.1, 0.15) is 6.17 Å². The number of rotatable bonds is 0. The minimum atomic E-state index is -3.05. The molecule has 2 unspecified atom stereocenters. The SMILES string of the molecule is CC1CC(F)CS1(=O)=O. The van der Waals surface area contributed by atoms with Crippen LogP contribution in [0, 0.1) is 0 Å². The Hall–Kier alpha value is -0.120. The van der Waals surface area contributed by atoms with Crippen LogP contribution in [0.25, 0.3) is 0 Å². The number of alkyl halides is 1. The predicted octanol–water partition coefficient (Wildman–Crippen LogP) is 0.532. The summed E-state index contributed by atoms with van der Waals surface area (Å²) in [4.78, 5) is 0. The fourth-order valence-electron chi connectivity index (χ4n) is 0.991. The van der Waals surface area contributed by atoms with Gasteiger partial charge in [0.05, 0.1) is 11.0 Å². The van der Waals surface area contributed by atoms with Gasteiger partial charge in [0.25, 0.3) is 0 Å². The van der Waals surface area contributed by atoms with Crippen molar-refractivity contribution in [2.75, 3.05) is 5.75 Å². The van der Waals surface area contributed by atoms with Crippen molar-refractivity contribution in [1.29, 1.82) is 0 Å². The lowest BCUT2D eigenvalue weighted by molar-refractivity contribution is 0.360. The van der Waals surface area contributed by atoms with Crippen molar-refractivity contribution < 1.29 is 12.8 Å². The van der Waals surface area contributed by atoms with E-state index >= 15 is 0 Å². The summed E-state index contributed by atoms with van der Waals surface area (Å²) in [7, 11) is -3.05. The fourth-order valence-corrected chi connectivity index (χ4v) is 2.46. The highest BCUT2D eigenvalue weighted by Crippen LogP contribution is 2.21. The first kappa shape index (κ1) is 6.99. The molecule has 2 atom stereocenters. The van der Waals surface area contributed by atoms with E-state index in [0.717, 1.165) is 0 Å². The van der Waals surface area contributed by atoms with Crippen LogP contribution in [-0.2, 0) is 9.84 Å². The molecule has 0 aromatic heterocycles. The molecule has 0 amide bonds. The van der Waals surface area contributed by atoms with Crippen LogP contribution in [0.1, 0.15) is 13.3 Å². The highest BCUT2D eigenvalue weighted by atomic mass is 32.2. The van der Waals surface area contributed by atoms with Gasteiger partial charge in [-0.2, -0.15) is 0 Å². The third-order valence-electron chi connectivity index (χ3n) is 1.61. The van der Waals surface area contributed by atoms with Crippen LogP contribution in [0.15, 0.2) is 0 Å². The highest BCUT2D eigenvalue weighted by Gasteiger charge is 2.34. The quantitative estimate of drug-likeness (QED) is 0.507. The standard InChI is InChI=1S/C5H9FO2S/c1-4-2-5(6)3-9(4,7)8/h4-5H,2-3H2,1H3. The van der Waals surface area contributed by atoms with Crippen molar-refractivity contribution in [2.45, 2.75) is 24.8 Å². The second-order valence-corrected chi connectivity index (χ2v) is 4.94. The Morgan fingerprint density at radius 3 is 2.22 bits per heavy atom. The molecule has 1 saturated heterocycles. The normalized spacial score (nSPS) is 41.1. The van der Waals surface area contributed by atoms with E-state index in [-0.39, 0.29) is 12.2 Å². The van der Waals surface area contributed by atoms with E-state index in [1.54, 1.807) is 6.92 Å². The third kappa shape index (κ3) is 1.23. The van der Waals surface area contributed by atoms with Crippen LogP contribution >= 0.6 is 0 Å². The summed E-state index contributed by atoms with van der Waals surface area (Å²) in [6.45, 7) is 1.55. The fraction of sp³-hybridized carbons (Fsp3) is 1.00. The molecule has 0 spiro atoms. The van der Waals surface area contributed by atoms with E-state index in [9.17, 15) is 12.8 Å². The summed E-state index contributed by atoms with van der Waals surface area (Å²) in [6.07, 6.45) is -0.938. The zero-order chi connectivity index (χ0) is 7.07. The van der Waals surface area contributed by atoms with Gasteiger partial charge >= 0.3 is 0 Å². The van der Waals surface area contributed by atoms with Crippen molar-refractivity contribution >= 4 is 9.84 Å². The molecule has 0 aromatic rings. The molecule has 1 aliphatic heterocycles. The first-order valence-corrected chi connectivity index (χ1v) is 4.59. The molecule has 1 aliphatic rings. The summed E-state index contributed by atoms with van der Waals surface area (Å²) in [6, 6.07) is 0. The van der Waals surface area contributed by atoms with E-state index in [1.165, 1.54) is 0 Å². The first-order chi connectivity index (χ1) is 4.02. The molecule has 1 rings (SSSR count). The highest BCUT2D eigenvalue weighted by molar-refractivity contribution is 7.92. The van der Waals surface area contributed by atoms with E-state index in [0.29, 0.717) is 0 Å². The van der Waals surface area contributed by atoms with Crippen LogP contribution in [-0.4, -0.2) is 25.6 Å². The number of sulfone groups is 1. The van der Waals surface area contributed by atoms with E-state index in [4.69, 9.17) is 0 Å². The monoisotopic (exact) mass is 152 g/mol. The van der Waals surface area contributed by atoms with Gasteiger partial charge in [0.15, 0.2) is 9.84 Å². The largest absolute Gasteiger partial charge is 0.246 e. The Labute approximate surface area is 54.0 Å². The minimum Gasteiger partial charge on any atom is -0.246 e. The molecule has 0 radical (unpaired) electrons. The molecule has 0 N–H and O–H groups in total. The topological polar surface area (TPSA) is 34.1 Å². The lowest BCUT2D eigenvalue weighted by atomic mass is 10.2. The number of hydrogen-bond acceptors (Lipinski definition) is 2. The lowest BCUT2D eigenvalue weighted by Crippen LogP contribution is -2.10. The summed E-state index contributed by atoms with van der Waals surface area (Å²) < 4.78 is 33.8. The molecule has 0 aliphatic carbocycles. The maximum atomic E-state index is 12.3. The third-order valence-corrected chi connectivity index (χ3v) is 3.86. The van der Waals surface area contributed by atoms with Gasteiger partial charge in [-0.05, 0) is 13.3 Å². The lowest BCUT2D eigenvalue weighted by Gasteiger charge is -1.95. The van der Waals surface area contributed by atoms with Crippen molar-refractivity contribution in [3.8, 4) is 0 Å². The first-order valence-electron chi connectivity index (χ1n) is 2.88. The zero-order valence-electron chi connectivity index (χ0n) is 5.17. The van der Waals surface area contributed by atoms with Crippen molar-refractivity contribution in [3.63, 3.8) is 0 Å². The number of halogens is 1. The molecular formula is C5H9FO2S. The van der Waals surface area contributed by atoms with Crippen molar-refractivity contribution in [3.05, 3.63) is 0 Å². The molecule has 9 heavy (non-hydrogen) atoms. The number of hydrogen-bond donors (Lipinski definition) is 0.